The van der Waals surface area contributed by atoms with Crippen LogP contribution < -0.4 is 10.6 Å². The third kappa shape index (κ3) is 2.68. The largest absolute Gasteiger partial charge is 0.456 e. The first kappa shape index (κ1) is 12.7. The van der Waals surface area contributed by atoms with Crippen molar-refractivity contribution in [1.82, 2.24) is 10.6 Å². The molecule has 2 aliphatic rings. The summed E-state index contributed by atoms with van der Waals surface area (Å²) in [5.74, 6) is 2.82. The molecule has 1 unspecified atom stereocenters. The predicted octanol–water partition coefficient (Wildman–Crippen LogP) is 1.96. The van der Waals surface area contributed by atoms with Crippen LogP contribution in [0.4, 0.5) is 0 Å². The van der Waals surface area contributed by atoms with Crippen LogP contribution in [0.3, 0.4) is 0 Å². The number of rotatable bonds is 3. The van der Waals surface area contributed by atoms with Gasteiger partial charge in [-0.05, 0) is 56.3 Å². The molecule has 3 atom stereocenters. The van der Waals surface area contributed by atoms with Crippen molar-refractivity contribution in [2.24, 2.45) is 11.8 Å². The maximum atomic E-state index is 12.1. The van der Waals surface area contributed by atoms with Crippen molar-refractivity contribution in [3.63, 3.8) is 0 Å². The highest BCUT2D eigenvalue weighted by Crippen LogP contribution is 2.32. The van der Waals surface area contributed by atoms with Gasteiger partial charge >= 0.3 is 0 Å². The van der Waals surface area contributed by atoms with Gasteiger partial charge in [-0.25, -0.2) is 0 Å². The van der Waals surface area contributed by atoms with E-state index < -0.39 is 0 Å². The Hall–Kier alpha value is -1.29. The van der Waals surface area contributed by atoms with Crippen LogP contribution >= 0.6 is 0 Å². The van der Waals surface area contributed by atoms with Crippen molar-refractivity contribution < 1.29 is 9.21 Å². The summed E-state index contributed by atoms with van der Waals surface area (Å²) in [6.07, 6.45) is 4.24. The predicted molar refractivity (Wildman–Crippen MR) is 73.0 cm³/mol. The standard InChI is InChI=1S/C15H22N2O2/c1-2-13-5-6-14(19-13)15(18)17-12-4-3-10-8-16-9-11(10)7-12/h5-6,10-12,16H,2-4,7-9H2,1H3,(H,17,18)/t10-,11+,12?/m0/s1. The Morgan fingerprint density at radius 3 is 3.00 bits per heavy atom. The minimum absolute atomic E-state index is 0.0610. The molecule has 2 fully saturated rings. The molecule has 1 aliphatic heterocycles. The monoisotopic (exact) mass is 262 g/mol. The normalized spacial score (nSPS) is 30.1. The summed E-state index contributed by atoms with van der Waals surface area (Å²) in [5.41, 5.74) is 0. The zero-order chi connectivity index (χ0) is 13.2. The Labute approximate surface area is 113 Å². The average Bonchev–Trinajstić information content (AvgIpc) is 3.06. The van der Waals surface area contributed by atoms with Gasteiger partial charge in [0.15, 0.2) is 5.76 Å². The second kappa shape index (κ2) is 5.37. The Bertz CT molecular complexity index is 455. The van der Waals surface area contributed by atoms with Crippen LogP contribution in [0, 0.1) is 11.8 Å². The number of hydrogen-bond donors (Lipinski definition) is 2. The van der Waals surface area contributed by atoms with E-state index in [0.717, 1.165) is 49.9 Å². The van der Waals surface area contributed by atoms with E-state index >= 15 is 0 Å². The number of amides is 1. The van der Waals surface area contributed by atoms with Crippen molar-refractivity contribution in [1.29, 1.82) is 0 Å². The van der Waals surface area contributed by atoms with Crippen molar-refractivity contribution in [3.05, 3.63) is 23.7 Å². The van der Waals surface area contributed by atoms with E-state index in [1.807, 2.05) is 13.0 Å². The highest BCUT2D eigenvalue weighted by atomic mass is 16.3. The van der Waals surface area contributed by atoms with Crippen LogP contribution in [-0.4, -0.2) is 25.0 Å². The van der Waals surface area contributed by atoms with Crippen molar-refractivity contribution in [2.45, 2.75) is 38.6 Å². The summed E-state index contributed by atoms with van der Waals surface area (Å²) in [6, 6.07) is 3.97. The van der Waals surface area contributed by atoms with Gasteiger partial charge in [0.1, 0.15) is 5.76 Å². The SMILES string of the molecule is CCc1ccc(C(=O)NC2CC[C@H]3CNC[C@H]3C2)o1. The van der Waals surface area contributed by atoms with Gasteiger partial charge in [0.2, 0.25) is 0 Å². The summed E-state index contributed by atoms with van der Waals surface area (Å²) >= 11 is 0. The maximum Gasteiger partial charge on any atom is 0.287 e. The summed E-state index contributed by atoms with van der Waals surface area (Å²) in [6.45, 7) is 4.29. The molecule has 1 amide bonds. The van der Waals surface area contributed by atoms with E-state index in [2.05, 4.69) is 10.6 Å². The molecule has 0 radical (unpaired) electrons. The zero-order valence-electron chi connectivity index (χ0n) is 11.4. The Morgan fingerprint density at radius 2 is 2.21 bits per heavy atom. The van der Waals surface area contributed by atoms with Crippen LogP contribution in [-0.2, 0) is 6.42 Å². The molecule has 0 aromatic carbocycles. The molecule has 2 heterocycles. The molecule has 4 heteroatoms. The third-order valence-corrected chi connectivity index (χ3v) is 4.52. The summed E-state index contributed by atoms with van der Waals surface area (Å²) in [4.78, 5) is 12.1. The lowest BCUT2D eigenvalue weighted by molar-refractivity contribution is 0.0884. The minimum atomic E-state index is -0.0610. The van der Waals surface area contributed by atoms with Gasteiger partial charge in [-0.15, -0.1) is 0 Å². The van der Waals surface area contributed by atoms with Crippen LogP contribution in [0.1, 0.15) is 42.5 Å². The molecular formula is C15H22N2O2. The first-order valence-electron chi connectivity index (χ1n) is 7.36. The number of nitrogens with one attached hydrogen (secondary N) is 2. The van der Waals surface area contributed by atoms with Gasteiger partial charge < -0.3 is 15.1 Å². The molecule has 1 aliphatic carbocycles. The van der Waals surface area contributed by atoms with E-state index in [1.165, 1.54) is 6.42 Å². The number of carbonyl (C=O) groups excluding carboxylic acids is 1. The molecule has 1 saturated heterocycles. The fraction of sp³-hybridized carbons (Fsp3) is 0.667. The molecule has 3 rings (SSSR count). The first-order valence-corrected chi connectivity index (χ1v) is 7.36. The van der Waals surface area contributed by atoms with Gasteiger partial charge in [-0.2, -0.15) is 0 Å². The molecule has 2 N–H and O–H groups in total. The van der Waals surface area contributed by atoms with Crippen LogP contribution in [0.25, 0.3) is 0 Å². The topological polar surface area (TPSA) is 54.3 Å². The van der Waals surface area contributed by atoms with Crippen molar-refractivity contribution in [3.8, 4) is 0 Å². The molecule has 4 nitrogen and oxygen atoms in total. The Balaban J connectivity index is 1.57. The third-order valence-electron chi connectivity index (χ3n) is 4.52. The lowest BCUT2D eigenvalue weighted by atomic mass is 9.79. The average molecular weight is 262 g/mol. The second-order valence-electron chi connectivity index (χ2n) is 5.78. The highest BCUT2D eigenvalue weighted by Gasteiger charge is 2.34. The number of fused-ring (bicyclic) bond motifs is 1. The van der Waals surface area contributed by atoms with Gasteiger partial charge in [0.05, 0.1) is 0 Å². The van der Waals surface area contributed by atoms with E-state index in [1.54, 1.807) is 6.07 Å². The second-order valence-corrected chi connectivity index (χ2v) is 5.78. The molecule has 1 saturated carbocycles. The quantitative estimate of drug-likeness (QED) is 0.875. The summed E-state index contributed by atoms with van der Waals surface area (Å²) in [7, 11) is 0. The summed E-state index contributed by atoms with van der Waals surface area (Å²) in [5, 5.41) is 6.57. The molecule has 1 aromatic rings. The van der Waals surface area contributed by atoms with Crippen LogP contribution in [0.15, 0.2) is 16.5 Å². The van der Waals surface area contributed by atoms with E-state index in [-0.39, 0.29) is 5.91 Å². The van der Waals surface area contributed by atoms with Gasteiger partial charge in [0.25, 0.3) is 5.91 Å². The summed E-state index contributed by atoms with van der Waals surface area (Å²) < 4.78 is 5.50. The number of aryl methyl sites for hydroxylation is 1. The molecule has 1 aromatic heterocycles. The van der Waals surface area contributed by atoms with E-state index in [0.29, 0.717) is 11.8 Å². The maximum absolute atomic E-state index is 12.1. The van der Waals surface area contributed by atoms with Gasteiger partial charge in [-0.1, -0.05) is 6.92 Å². The molecule has 104 valence electrons. The number of carbonyl (C=O) groups is 1. The van der Waals surface area contributed by atoms with Gasteiger partial charge in [-0.3, -0.25) is 4.79 Å². The van der Waals surface area contributed by atoms with Crippen LogP contribution in [0.5, 0.6) is 0 Å². The molecule has 19 heavy (non-hydrogen) atoms. The van der Waals surface area contributed by atoms with Crippen LogP contribution in [0.2, 0.25) is 0 Å². The first-order chi connectivity index (χ1) is 9.26. The Kier molecular flexibility index (Phi) is 3.60. The zero-order valence-corrected chi connectivity index (χ0v) is 11.4. The lowest BCUT2D eigenvalue weighted by Crippen LogP contribution is -2.40. The van der Waals surface area contributed by atoms with Crippen molar-refractivity contribution >= 4 is 5.91 Å². The van der Waals surface area contributed by atoms with Gasteiger partial charge in [0, 0.05) is 12.5 Å². The molecule has 0 bridgehead atoms. The van der Waals surface area contributed by atoms with E-state index in [9.17, 15) is 4.79 Å². The fourth-order valence-corrected chi connectivity index (χ4v) is 3.38. The Morgan fingerprint density at radius 1 is 1.37 bits per heavy atom. The number of hydrogen-bond acceptors (Lipinski definition) is 3. The highest BCUT2D eigenvalue weighted by molar-refractivity contribution is 5.91. The minimum Gasteiger partial charge on any atom is -0.456 e. The molecule has 0 spiro atoms. The lowest BCUT2D eigenvalue weighted by Gasteiger charge is -2.31. The van der Waals surface area contributed by atoms with Crippen molar-refractivity contribution in [2.75, 3.05) is 13.1 Å². The number of furan rings is 1. The smallest absolute Gasteiger partial charge is 0.287 e. The molecular weight excluding hydrogens is 240 g/mol. The van der Waals surface area contributed by atoms with E-state index in [4.69, 9.17) is 4.42 Å². The fourth-order valence-electron chi connectivity index (χ4n) is 3.38.